The summed E-state index contributed by atoms with van der Waals surface area (Å²) in [5, 5.41) is 13.0. The number of carbonyl (C=O) groups excluding carboxylic acids is 1. The fourth-order valence-electron chi connectivity index (χ4n) is 5.39. The largest absolute Gasteiger partial charge is 0.481 e. The second kappa shape index (κ2) is 13.5. The molecule has 2 saturated carbocycles. The number of aliphatic carboxylic acids is 1. The van der Waals surface area contributed by atoms with E-state index in [0.29, 0.717) is 6.54 Å². The molecule has 0 bridgehead atoms. The molecular weight excluding hydrogens is 420 g/mol. The minimum atomic E-state index is -0.923. The Kier molecular flexibility index (Phi) is 11.4. The molecule has 7 nitrogen and oxygen atoms in total. The summed E-state index contributed by atoms with van der Waals surface area (Å²) < 4.78 is 10.7. The molecule has 0 spiro atoms. The van der Waals surface area contributed by atoms with Crippen molar-refractivity contribution >= 4 is 12.1 Å². The standard InChI is InChI=1S/C14H25NO5.C12H23N/c1-9(12(16)17)11(19-5)10-7-6-8-15(10)13(18)20-14(2,3)4;1-3-7-11(8-4-1)13-12-9-5-2-6-10-12/h9-11H,6-8H2,1-5H3,(H,16,17);11-13H,1-10H2/t9-,10+,11-;/m1./s1. The van der Waals surface area contributed by atoms with Gasteiger partial charge in [-0.25, -0.2) is 4.79 Å². The maximum absolute atomic E-state index is 12.2. The van der Waals surface area contributed by atoms with Crippen LogP contribution in [0.1, 0.15) is 105 Å². The fraction of sp³-hybridized carbons (Fsp3) is 0.923. The summed E-state index contributed by atoms with van der Waals surface area (Å²) in [6, 6.07) is 1.50. The van der Waals surface area contributed by atoms with Gasteiger partial charge in [-0.2, -0.15) is 0 Å². The van der Waals surface area contributed by atoms with E-state index in [9.17, 15) is 9.59 Å². The monoisotopic (exact) mass is 468 g/mol. The molecule has 7 heteroatoms. The Hall–Kier alpha value is -1.34. The lowest BCUT2D eigenvalue weighted by Gasteiger charge is -2.34. The minimum absolute atomic E-state index is 0.249. The van der Waals surface area contributed by atoms with Gasteiger partial charge in [0.25, 0.3) is 0 Å². The number of hydrogen-bond donors (Lipinski definition) is 2. The first-order valence-corrected chi connectivity index (χ1v) is 13.1. The third-order valence-corrected chi connectivity index (χ3v) is 7.14. The lowest BCUT2D eigenvalue weighted by atomic mass is 9.91. The second-order valence-corrected chi connectivity index (χ2v) is 11.0. The number of nitrogens with one attached hydrogen (secondary N) is 1. The van der Waals surface area contributed by atoms with E-state index in [1.807, 2.05) is 20.8 Å². The summed E-state index contributed by atoms with van der Waals surface area (Å²) in [7, 11) is 1.48. The van der Waals surface area contributed by atoms with Crippen LogP contribution in [0.4, 0.5) is 4.79 Å². The highest BCUT2D eigenvalue weighted by Crippen LogP contribution is 2.28. The minimum Gasteiger partial charge on any atom is -0.481 e. The first kappa shape index (κ1) is 27.9. The molecule has 3 atom stereocenters. The van der Waals surface area contributed by atoms with Crippen molar-refractivity contribution in [2.24, 2.45) is 5.92 Å². The molecule has 0 radical (unpaired) electrons. The van der Waals surface area contributed by atoms with Crippen LogP contribution in [0.5, 0.6) is 0 Å². The number of amides is 1. The van der Waals surface area contributed by atoms with Crippen LogP contribution < -0.4 is 5.32 Å². The molecule has 1 aliphatic heterocycles. The maximum atomic E-state index is 12.2. The van der Waals surface area contributed by atoms with E-state index in [1.165, 1.54) is 71.3 Å². The molecular formula is C26H48N2O5. The SMILES string of the molecule is C1CCC(NC2CCCCC2)CC1.CO[C@H]([C@@H](C)C(=O)O)[C@@H]1CCCN1C(=O)OC(C)(C)C. The van der Waals surface area contributed by atoms with Gasteiger partial charge < -0.3 is 24.8 Å². The highest BCUT2D eigenvalue weighted by Gasteiger charge is 2.41. The van der Waals surface area contributed by atoms with Crippen molar-refractivity contribution < 1.29 is 24.2 Å². The van der Waals surface area contributed by atoms with Gasteiger partial charge >= 0.3 is 12.1 Å². The second-order valence-electron chi connectivity index (χ2n) is 11.0. The molecule has 0 aromatic carbocycles. The van der Waals surface area contributed by atoms with Crippen LogP contribution in [-0.4, -0.2) is 65.6 Å². The summed E-state index contributed by atoms with van der Waals surface area (Å²) in [5.74, 6) is -1.60. The number of nitrogens with zero attached hydrogens (tertiary/aromatic N) is 1. The van der Waals surface area contributed by atoms with Crippen molar-refractivity contribution in [3.8, 4) is 0 Å². The van der Waals surface area contributed by atoms with Gasteiger partial charge in [0.2, 0.25) is 0 Å². The average molecular weight is 469 g/mol. The van der Waals surface area contributed by atoms with Crippen LogP contribution in [0.2, 0.25) is 0 Å². The predicted octanol–water partition coefficient (Wildman–Crippen LogP) is 5.36. The van der Waals surface area contributed by atoms with E-state index in [2.05, 4.69) is 5.32 Å². The fourth-order valence-corrected chi connectivity index (χ4v) is 5.39. The van der Waals surface area contributed by atoms with Crippen LogP contribution in [0.15, 0.2) is 0 Å². The van der Waals surface area contributed by atoms with E-state index in [0.717, 1.165) is 24.9 Å². The van der Waals surface area contributed by atoms with Crippen LogP contribution >= 0.6 is 0 Å². The van der Waals surface area contributed by atoms with Gasteiger partial charge in [-0.05, 0) is 66.2 Å². The molecule has 0 aromatic rings. The van der Waals surface area contributed by atoms with Crippen LogP contribution in [0.25, 0.3) is 0 Å². The van der Waals surface area contributed by atoms with Crippen molar-refractivity contribution in [1.29, 1.82) is 0 Å². The molecule has 33 heavy (non-hydrogen) atoms. The number of hydrogen-bond acceptors (Lipinski definition) is 5. The lowest BCUT2D eigenvalue weighted by molar-refractivity contribution is -0.147. The number of ether oxygens (including phenoxy) is 2. The third kappa shape index (κ3) is 9.44. The maximum Gasteiger partial charge on any atom is 0.410 e. The zero-order valence-corrected chi connectivity index (χ0v) is 21.6. The number of likely N-dealkylation sites (tertiary alicyclic amines) is 1. The summed E-state index contributed by atoms with van der Waals surface area (Å²) in [5.41, 5.74) is -0.564. The third-order valence-electron chi connectivity index (χ3n) is 7.14. The summed E-state index contributed by atoms with van der Waals surface area (Å²) in [4.78, 5) is 24.9. The van der Waals surface area contributed by atoms with Crippen molar-refractivity contribution in [2.45, 2.75) is 135 Å². The summed E-state index contributed by atoms with van der Waals surface area (Å²) in [6.07, 6.45) is 15.2. The van der Waals surface area contributed by atoms with Crippen molar-refractivity contribution in [1.82, 2.24) is 10.2 Å². The molecule has 3 rings (SSSR count). The molecule has 192 valence electrons. The van der Waals surface area contributed by atoms with E-state index in [4.69, 9.17) is 14.6 Å². The molecule has 1 heterocycles. The summed E-state index contributed by atoms with van der Waals surface area (Å²) in [6.45, 7) is 7.60. The lowest BCUT2D eigenvalue weighted by Crippen LogP contribution is -2.49. The highest BCUT2D eigenvalue weighted by molar-refractivity contribution is 5.71. The van der Waals surface area contributed by atoms with Crippen molar-refractivity contribution in [3.05, 3.63) is 0 Å². The molecule has 1 amide bonds. The molecule has 0 aromatic heterocycles. The Balaban J connectivity index is 0.000000254. The van der Waals surface area contributed by atoms with E-state index in [-0.39, 0.29) is 6.04 Å². The van der Waals surface area contributed by atoms with Gasteiger partial charge in [0.1, 0.15) is 5.60 Å². The Morgan fingerprint density at radius 2 is 1.42 bits per heavy atom. The van der Waals surface area contributed by atoms with Crippen LogP contribution in [0, 0.1) is 5.92 Å². The van der Waals surface area contributed by atoms with E-state index >= 15 is 0 Å². The van der Waals surface area contributed by atoms with Crippen LogP contribution in [-0.2, 0) is 14.3 Å². The molecule has 1 saturated heterocycles. The number of carbonyl (C=O) groups is 2. The summed E-state index contributed by atoms with van der Waals surface area (Å²) >= 11 is 0. The molecule has 0 unspecified atom stereocenters. The van der Waals surface area contributed by atoms with E-state index < -0.39 is 29.7 Å². The molecule has 3 fully saturated rings. The number of rotatable bonds is 6. The van der Waals surface area contributed by atoms with Gasteiger partial charge in [-0.3, -0.25) is 4.79 Å². The predicted molar refractivity (Wildman–Crippen MR) is 130 cm³/mol. The first-order valence-electron chi connectivity index (χ1n) is 13.1. The van der Waals surface area contributed by atoms with Crippen molar-refractivity contribution in [3.63, 3.8) is 0 Å². The topological polar surface area (TPSA) is 88.1 Å². The van der Waals surface area contributed by atoms with E-state index in [1.54, 1.807) is 11.8 Å². The quantitative estimate of drug-likeness (QED) is 0.545. The highest BCUT2D eigenvalue weighted by atomic mass is 16.6. The zero-order valence-electron chi connectivity index (χ0n) is 21.6. The Bertz CT molecular complexity index is 578. The molecule has 2 aliphatic carbocycles. The smallest absolute Gasteiger partial charge is 0.410 e. The normalized spacial score (nSPS) is 24.5. The average Bonchev–Trinajstić information content (AvgIpc) is 3.25. The van der Waals surface area contributed by atoms with Gasteiger partial charge in [-0.1, -0.05) is 38.5 Å². The van der Waals surface area contributed by atoms with Crippen molar-refractivity contribution in [2.75, 3.05) is 13.7 Å². The Morgan fingerprint density at radius 3 is 1.85 bits per heavy atom. The van der Waals surface area contributed by atoms with Gasteiger partial charge in [0, 0.05) is 25.7 Å². The van der Waals surface area contributed by atoms with Gasteiger partial charge in [0.15, 0.2) is 0 Å². The van der Waals surface area contributed by atoms with Crippen LogP contribution in [0.3, 0.4) is 0 Å². The van der Waals surface area contributed by atoms with Gasteiger partial charge in [0.05, 0.1) is 18.1 Å². The number of methoxy groups -OCH3 is 1. The zero-order chi connectivity index (χ0) is 24.4. The molecule has 3 aliphatic rings. The first-order chi connectivity index (χ1) is 15.6. The number of carboxylic acid groups (broad SMARTS) is 1. The Morgan fingerprint density at radius 1 is 0.909 bits per heavy atom. The number of carboxylic acids is 1. The van der Waals surface area contributed by atoms with Gasteiger partial charge in [-0.15, -0.1) is 0 Å². The molecule has 2 N–H and O–H groups in total. The Labute approximate surface area is 201 Å².